The van der Waals surface area contributed by atoms with Crippen LogP contribution >= 0.6 is 7.82 Å². The van der Waals surface area contributed by atoms with Crippen molar-refractivity contribution in [3.63, 3.8) is 0 Å². The first-order valence-corrected chi connectivity index (χ1v) is 6.11. The number of rotatable bonds is 9. The molecule has 0 fully saturated rings. The highest BCUT2D eigenvalue weighted by atomic mass is 31.2. The zero-order chi connectivity index (χ0) is 10.9. The predicted molar refractivity (Wildman–Crippen MR) is 51.6 cm³/mol. The van der Waals surface area contributed by atoms with Crippen molar-refractivity contribution in [3.8, 4) is 0 Å². The molecule has 0 aliphatic carbocycles. The zero-order valence-corrected chi connectivity index (χ0v) is 8.95. The van der Waals surface area contributed by atoms with Gasteiger partial charge in [-0.15, -0.1) is 0 Å². The maximum atomic E-state index is 10.2. The maximum Gasteiger partial charge on any atom is 0.470 e. The van der Waals surface area contributed by atoms with Gasteiger partial charge in [-0.1, -0.05) is 12.8 Å². The van der Waals surface area contributed by atoms with Crippen LogP contribution < -0.4 is 5.32 Å². The molecule has 0 saturated heterocycles. The van der Waals surface area contributed by atoms with Crippen LogP contribution in [0.25, 0.3) is 0 Å². The molecular formula is C7H18NO5P. The smallest absolute Gasteiger partial charge is 0.396 e. The Morgan fingerprint density at radius 2 is 1.79 bits per heavy atom. The van der Waals surface area contributed by atoms with Gasteiger partial charge in [0.1, 0.15) is 6.73 Å². The maximum absolute atomic E-state index is 10.2. The van der Waals surface area contributed by atoms with Crippen LogP contribution in [0.4, 0.5) is 0 Å². The Balaban J connectivity index is 3.03. The molecule has 0 aliphatic heterocycles. The lowest BCUT2D eigenvalue weighted by Crippen LogP contribution is -2.18. The summed E-state index contributed by atoms with van der Waals surface area (Å²) in [5.41, 5.74) is 0. The summed E-state index contributed by atoms with van der Waals surface area (Å²) >= 11 is 0. The number of phosphoric ester groups is 1. The van der Waals surface area contributed by atoms with Crippen LogP contribution in [-0.4, -0.2) is 34.8 Å². The van der Waals surface area contributed by atoms with Gasteiger partial charge in [-0.2, -0.15) is 0 Å². The lowest BCUT2D eigenvalue weighted by Gasteiger charge is -2.06. The second kappa shape index (κ2) is 8.35. The summed E-state index contributed by atoms with van der Waals surface area (Å²) in [5.74, 6) is 0. The molecule has 0 amide bonds. The van der Waals surface area contributed by atoms with E-state index in [2.05, 4.69) is 9.84 Å². The number of hydrogen-bond acceptors (Lipinski definition) is 4. The van der Waals surface area contributed by atoms with Gasteiger partial charge in [0.25, 0.3) is 0 Å². The highest BCUT2D eigenvalue weighted by molar-refractivity contribution is 7.46. The number of aliphatic hydroxyl groups excluding tert-OH is 1. The average molecular weight is 227 g/mol. The Kier molecular flexibility index (Phi) is 8.37. The Morgan fingerprint density at radius 1 is 1.14 bits per heavy atom. The predicted octanol–water partition coefficient (Wildman–Crippen LogP) is 0.195. The molecular weight excluding hydrogens is 209 g/mol. The first kappa shape index (κ1) is 14.0. The summed E-state index contributed by atoms with van der Waals surface area (Å²) in [6.45, 7) is 0.741. The monoisotopic (exact) mass is 227 g/mol. The van der Waals surface area contributed by atoms with Crippen molar-refractivity contribution in [2.75, 3.05) is 19.9 Å². The summed E-state index contributed by atoms with van der Waals surface area (Å²) < 4.78 is 14.4. The molecule has 14 heavy (non-hydrogen) atoms. The van der Waals surface area contributed by atoms with Gasteiger partial charge in [0.15, 0.2) is 0 Å². The van der Waals surface area contributed by atoms with E-state index >= 15 is 0 Å². The van der Waals surface area contributed by atoms with E-state index in [0.717, 1.165) is 25.7 Å². The van der Waals surface area contributed by atoms with Crippen LogP contribution in [0.2, 0.25) is 0 Å². The molecule has 0 spiro atoms. The van der Waals surface area contributed by atoms with Crippen LogP contribution in [0.3, 0.4) is 0 Å². The molecule has 0 unspecified atom stereocenters. The molecule has 0 bridgehead atoms. The number of phosphoric acid groups is 1. The molecule has 4 N–H and O–H groups in total. The van der Waals surface area contributed by atoms with E-state index in [0.29, 0.717) is 6.54 Å². The molecule has 0 aromatic rings. The fourth-order valence-electron chi connectivity index (χ4n) is 0.917. The van der Waals surface area contributed by atoms with Crippen LogP contribution in [0.15, 0.2) is 0 Å². The van der Waals surface area contributed by atoms with Gasteiger partial charge in [-0.3, -0.25) is 9.84 Å². The van der Waals surface area contributed by atoms with E-state index in [-0.39, 0.29) is 13.3 Å². The van der Waals surface area contributed by atoms with Crippen LogP contribution in [0.1, 0.15) is 25.7 Å². The lowest BCUT2D eigenvalue weighted by atomic mass is 10.2. The number of nitrogens with one attached hydrogen (secondary N) is 1. The third-order valence-electron chi connectivity index (χ3n) is 1.60. The SMILES string of the molecule is O=P(O)(O)OCNCCCCCCO. The summed E-state index contributed by atoms with van der Waals surface area (Å²) in [5, 5.41) is 11.2. The zero-order valence-electron chi connectivity index (χ0n) is 8.06. The van der Waals surface area contributed by atoms with Gasteiger partial charge >= 0.3 is 7.82 Å². The van der Waals surface area contributed by atoms with Crippen LogP contribution in [0.5, 0.6) is 0 Å². The van der Waals surface area contributed by atoms with E-state index in [1.54, 1.807) is 0 Å². The largest absolute Gasteiger partial charge is 0.470 e. The Morgan fingerprint density at radius 3 is 2.36 bits per heavy atom. The van der Waals surface area contributed by atoms with E-state index < -0.39 is 7.82 Å². The van der Waals surface area contributed by atoms with Gasteiger partial charge in [-0.05, 0) is 19.4 Å². The number of aliphatic hydroxyl groups is 1. The quantitative estimate of drug-likeness (QED) is 0.255. The Labute approximate surface area is 83.5 Å². The molecule has 0 aliphatic rings. The second-order valence-corrected chi connectivity index (χ2v) is 4.14. The van der Waals surface area contributed by atoms with E-state index in [4.69, 9.17) is 14.9 Å². The van der Waals surface area contributed by atoms with Crippen molar-refractivity contribution in [3.05, 3.63) is 0 Å². The molecule has 0 rings (SSSR count). The fourth-order valence-corrected chi connectivity index (χ4v) is 1.18. The second-order valence-electron chi connectivity index (χ2n) is 2.90. The van der Waals surface area contributed by atoms with Gasteiger partial charge in [0.2, 0.25) is 0 Å². The minimum absolute atomic E-state index is 0.135. The number of unbranched alkanes of at least 4 members (excludes halogenated alkanes) is 3. The Bertz CT molecular complexity index is 171. The molecule has 7 heteroatoms. The molecule has 0 atom stereocenters. The summed E-state index contributed by atoms with van der Waals surface area (Å²) in [7, 11) is -4.33. The summed E-state index contributed by atoms with van der Waals surface area (Å²) in [6, 6.07) is 0. The standard InChI is InChI=1S/C7H18NO5P/c9-6-4-2-1-3-5-8-7-13-14(10,11)12/h8-9H,1-7H2,(H2,10,11,12). The average Bonchev–Trinajstić information content (AvgIpc) is 2.08. The first-order chi connectivity index (χ1) is 6.56. The third kappa shape index (κ3) is 12.0. The highest BCUT2D eigenvalue weighted by Gasteiger charge is 2.11. The minimum Gasteiger partial charge on any atom is -0.396 e. The fraction of sp³-hybridized carbons (Fsp3) is 1.00. The van der Waals surface area contributed by atoms with E-state index in [1.165, 1.54) is 0 Å². The van der Waals surface area contributed by atoms with Crippen LogP contribution in [0, 0.1) is 0 Å². The summed E-state index contributed by atoms with van der Waals surface area (Å²) in [4.78, 5) is 16.6. The molecule has 86 valence electrons. The van der Waals surface area contributed by atoms with E-state index in [9.17, 15) is 4.57 Å². The minimum atomic E-state index is -4.33. The Hall–Kier alpha value is 0.0300. The molecule has 0 aromatic heterocycles. The van der Waals surface area contributed by atoms with Crippen molar-refractivity contribution >= 4 is 7.82 Å². The lowest BCUT2D eigenvalue weighted by molar-refractivity contribution is 0.183. The number of hydrogen-bond donors (Lipinski definition) is 4. The van der Waals surface area contributed by atoms with Crippen molar-refractivity contribution in [1.29, 1.82) is 0 Å². The van der Waals surface area contributed by atoms with Crippen molar-refractivity contribution < 1.29 is 24.0 Å². The van der Waals surface area contributed by atoms with Crippen molar-refractivity contribution in [1.82, 2.24) is 5.32 Å². The molecule has 0 heterocycles. The van der Waals surface area contributed by atoms with Crippen molar-refractivity contribution in [2.45, 2.75) is 25.7 Å². The molecule has 0 saturated carbocycles. The summed E-state index contributed by atoms with van der Waals surface area (Å²) in [6.07, 6.45) is 3.67. The van der Waals surface area contributed by atoms with Gasteiger partial charge < -0.3 is 14.9 Å². The topological polar surface area (TPSA) is 99.0 Å². The normalized spacial score (nSPS) is 11.9. The first-order valence-electron chi connectivity index (χ1n) is 4.58. The van der Waals surface area contributed by atoms with Gasteiger partial charge in [-0.25, -0.2) is 4.57 Å². The van der Waals surface area contributed by atoms with Crippen molar-refractivity contribution in [2.24, 2.45) is 0 Å². The van der Waals surface area contributed by atoms with Gasteiger partial charge in [0.05, 0.1) is 0 Å². The molecule has 6 nitrogen and oxygen atoms in total. The van der Waals surface area contributed by atoms with E-state index in [1.807, 2.05) is 0 Å². The third-order valence-corrected chi connectivity index (χ3v) is 2.06. The van der Waals surface area contributed by atoms with Crippen LogP contribution in [-0.2, 0) is 9.09 Å². The molecule has 0 aromatic carbocycles. The van der Waals surface area contributed by atoms with Gasteiger partial charge in [0, 0.05) is 6.61 Å². The molecule has 0 radical (unpaired) electrons. The highest BCUT2D eigenvalue weighted by Crippen LogP contribution is 2.34.